The number of rotatable bonds is 6. The van der Waals surface area contributed by atoms with Crippen LogP contribution in [0.5, 0.6) is 0 Å². The van der Waals surface area contributed by atoms with E-state index in [2.05, 4.69) is 174 Å². The summed E-state index contributed by atoms with van der Waals surface area (Å²) in [5, 5.41) is 5.72. The number of hydrogen-bond acceptors (Lipinski definition) is 7. The molecule has 0 amide bonds. The third kappa shape index (κ3) is 5.87. The summed E-state index contributed by atoms with van der Waals surface area (Å²) in [6.45, 7) is 0. The molecule has 0 fully saturated rings. The van der Waals surface area contributed by atoms with E-state index < -0.39 is 0 Å². The number of thiophene rings is 2. The van der Waals surface area contributed by atoms with Crippen molar-refractivity contribution in [2.24, 2.45) is 0 Å². The Morgan fingerprint density at radius 1 is 0.349 bits per heavy atom. The summed E-state index contributed by atoms with van der Waals surface area (Å²) in [6, 6.07) is 67.8. The summed E-state index contributed by atoms with van der Waals surface area (Å²) in [6.07, 6.45) is 0. The maximum Gasteiger partial charge on any atom is 0.164 e. The molecule has 0 bridgehead atoms. The van der Waals surface area contributed by atoms with Crippen LogP contribution in [0.3, 0.4) is 0 Å². The van der Waals surface area contributed by atoms with Gasteiger partial charge in [0.2, 0.25) is 0 Å². The second-order valence-electron chi connectivity index (χ2n) is 15.6. The molecule has 8 aromatic carbocycles. The molecule has 13 rings (SSSR count). The monoisotopic (exact) mass is 840 g/mol. The molecule has 0 saturated heterocycles. The van der Waals surface area contributed by atoms with Gasteiger partial charge in [-0.15, -0.1) is 22.7 Å². The summed E-state index contributed by atoms with van der Waals surface area (Å²) < 4.78 is 6.93. The van der Waals surface area contributed by atoms with Crippen LogP contribution in [0.1, 0.15) is 0 Å². The zero-order chi connectivity index (χ0) is 41.4. The topological polar surface area (TPSA) is 69.4 Å². The number of para-hydroxylation sites is 2. The Labute approximate surface area is 369 Å². The number of hydrogen-bond donors (Lipinski definition) is 0. The normalized spacial score (nSPS) is 11.8. The molecule has 0 unspecified atom stereocenters. The lowest BCUT2D eigenvalue weighted by molar-refractivity contribution is 1.08. The molecule has 0 aliphatic rings. The largest absolute Gasteiger partial charge is 0.309 e. The molecule has 5 aromatic heterocycles. The molecule has 0 saturated carbocycles. The SMILES string of the molecule is c1ccc(-c2nc(-c3ccc4c(c3)c3ccccc3n4-c3ccccc3)nc(-c3cccc4sc5cc(-c6nc(-c7ccccc7)c7sc8ccccc8c7n6)ccc5c34)n2)cc1. The van der Waals surface area contributed by atoms with Crippen molar-refractivity contribution in [3.8, 4) is 62.5 Å². The first-order chi connectivity index (χ1) is 31.2. The highest BCUT2D eigenvalue weighted by atomic mass is 32.1. The number of fused-ring (bicyclic) bond motifs is 9. The van der Waals surface area contributed by atoms with Crippen LogP contribution >= 0.6 is 22.7 Å². The van der Waals surface area contributed by atoms with E-state index in [1.54, 1.807) is 22.7 Å². The zero-order valence-electron chi connectivity index (χ0n) is 33.5. The minimum Gasteiger partial charge on any atom is -0.309 e. The first kappa shape index (κ1) is 35.8. The molecule has 5 heterocycles. The van der Waals surface area contributed by atoms with E-state index in [9.17, 15) is 0 Å². The van der Waals surface area contributed by atoms with E-state index >= 15 is 0 Å². The summed E-state index contributed by atoms with van der Waals surface area (Å²) in [4.78, 5) is 26.2. The van der Waals surface area contributed by atoms with Gasteiger partial charge in [-0.25, -0.2) is 24.9 Å². The quantitative estimate of drug-likeness (QED) is 0.167. The van der Waals surface area contributed by atoms with Crippen molar-refractivity contribution in [3.63, 3.8) is 0 Å². The maximum absolute atomic E-state index is 5.30. The highest BCUT2D eigenvalue weighted by Gasteiger charge is 2.21. The van der Waals surface area contributed by atoms with Crippen LogP contribution in [0, 0.1) is 0 Å². The van der Waals surface area contributed by atoms with Crippen LogP contribution in [-0.2, 0) is 0 Å². The summed E-state index contributed by atoms with van der Waals surface area (Å²) in [5.74, 6) is 2.59. The second kappa shape index (κ2) is 14.3. The molecule has 0 radical (unpaired) electrons. The average Bonchev–Trinajstić information content (AvgIpc) is 4.03. The molecule has 0 N–H and O–H groups in total. The average molecular weight is 841 g/mol. The van der Waals surface area contributed by atoms with Gasteiger partial charge in [-0.1, -0.05) is 140 Å². The predicted molar refractivity (Wildman–Crippen MR) is 263 cm³/mol. The number of aromatic nitrogens is 6. The van der Waals surface area contributed by atoms with E-state index in [1.165, 1.54) is 10.1 Å². The molecule has 13 aromatic rings. The fourth-order valence-electron chi connectivity index (χ4n) is 8.97. The zero-order valence-corrected chi connectivity index (χ0v) is 35.1. The number of nitrogens with zero attached hydrogens (tertiary/aromatic N) is 6. The van der Waals surface area contributed by atoms with Crippen molar-refractivity contribution in [1.82, 2.24) is 29.5 Å². The summed E-state index contributed by atoms with van der Waals surface area (Å²) >= 11 is 3.52. The second-order valence-corrected chi connectivity index (χ2v) is 17.8. The first-order valence-electron chi connectivity index (χ1n) is 20.8. The van der Waals surface area contributed by atoms with Gasteiger partial charge in [0.25, 0.3) is 0 Å². The third-order valence-electron chi connectivity index (χ3n) is 11.9. The van der Waals surface area contributed by atoms with Gasteiger partial charge >= 0.3 is 0 Å². The Morgan fingerprint density at radius 2 is 0.968 bits per heavy atom. The molecule has 6 nitrogen and oxygen atoms in total. The van der Waals surface area contributed by atoms with Gasteiger partial charge in [-0.2, -0.15) is 0 Å². The lowest BCUT2D eigenvalue weighted by Gasteiger charge is -2.10. The van der Waals surface area contributed by atoms with Crippen molar-refractivity contribution in [3.05, 3.63) is 194 Å². The van der Waals surface area contributed by atoms with E-state index in [0.29, 0.717) is 23.3 Å². The van der Waals surface area contributed by atoms with Gasteiger partial charge in [-0.05, 0) is 54.6 Å². The summed E-state index contributed by atoms with van der Waals surface area (Å²) in [5.41, 5.74) is 10.2. The summed E-state index contributed by atoms with van der Waals surface area (Å²) in [7, 11) is 0. The van der Waals surface area contributed by atoms with Gasteiger partial charge in [0, 0.05) is 74.5 Å². The van der Waals surface area contributed by atoms with Crippen molar-refractivity contribution >= 4 is 85.0 Å². The van der Waals surface area contributed by atoms with Gasteiger partial charge in [-0.3, -0.25) is 0 Å². The van der Waals surface area contributed by atoms with Gasteiger partial charge in [0.15, 0.2) is 23.3 Å². The molecule has 0 aliphatic carbocycles. The van der Waals surface area contributed by atoms with E-state index in [4.69, 9.17) is 24.9 Å². The van der Waals surface area contributed by atoms with Gasteiger partial charge < -0.3 is 4.57 Å². The molecule has 8 heteroatoms. The Balaban J connectivity index is 0.978. The molecule has 0 aliphatic heterocycles. The third-order valence-corrected chi connectivity index (χ3v) is 14.2. The fraction of sp³-hybridized carbons (Fsp3) is 0. The standard InChI is InChI=1S/C55H32N6S2/c1-4-15-33(16-5-1)49-51-50(40-22-11-13-25-45(40)63-51)57-53(56-49)36-27-29-39-47(32-36)62-46-26-14-23-41(48(39)46)55-59-52(34-17-6-2-7-18-34)58-54(60-55)35-28-30-44-42(31-35)38-21-10-12-24-43(38)61(44)37-19-8-3-9-20-37/h1-32H. The Bertz CT molecular complexity index is 3910. The molecule has 294 valence electrons. The smallest absolute Gasteiger partial charge is 0.164 e. The van der Waals surface area contributed by atoms with E-state index in [-0.39, 0.29) is 0 Å². The maximum atomic E-state index is 5.30. The van der Waals surface area contributed by atoms with Crippen molar-refractivity contribution < 1.29 is 0 Å². The van der Waals surface area contributed by atoms with Gasteiger partial charge in [0.05, 0.1) is 26.9 Å². The van der Waals surface area contributed by atoms with Crippen LogP contribution in [0.15, 0.2) is 194 Å². The Morgan fingerprint density at radius 3 is 1.79 bits per heavy atom. The fourth-order valence-corrected chi connectivity index (χ4v) is 11.3. The Hall–Kier alpha value is -7.91. The molecular weight excluding hydrogens is 809 g/mol. The highest BCUT2D eigenvalue weighted by molar-refractivity contribution is 7.26. The highest BCUT2D eigenvalue weighted by Crippen LogP contribution is 2.43. The molecular formula is C55H32N6S2. The van der Waals surface area contributed by atoms with Crippen molar-refractivity contribution in [1.29, 1.82) is 0 Å². The lowest BCUT2D eigenvalue weighted by atomic mass is 10.0. The molecule has 63 heavy (non-hydrogen) atoms. The van der Waals surface area contributed by atoms with E-state index in [0.717, 1.165) is 91.4 Å². The van der Waals surface area contributed by atoms with Crippen LogP contribution in [-0.4, -0.2) is 29.5 Å². The van der Waals surface area contributed by atoms with Crippen LogP contribution in [0.25, 0.3) is 125 Å². The lowest BCUT2D eigenvalue weighted by Crippen LogP contribution is -2.00. The molecule has 0 atom stereocenters. The molecule has 0 spiro atoms. The van der Waals surface area contributed by atoms with Gasteiger partial charge in [0.1, 0.15) is 0 Å². The van der Waals surface area contributed by atoms with Crippen molar-refractivity contribution in [2.75, 3.05) is 0 Å². The van der Waals surface area contributed by atoms with Crippen LogP contribution < -0.4 is 0 Å². The first-order valence-corrected chi connectivity index (χ1v) is 22.5. The Kier molecular flexibility index (Phi) is 8.15. The minimum atomic E-state index is 0.624. The van der Waals surface area contributed by atoms with Crippen molar-refractivity contribution in [2.45, 2.75) is 0 Å². The van der Waals surface area contributed by atoms with Crippen LogP contribution in [0.2, 0.25) is 0 Å². The predicted octanol–water partition coefficient (Wildman–Crippen LogP) is 14.8. The minimum absolute atomic E-state index is 0.624. The number of benzene rings is 8. The van der Waals surface area contributed by atoms with E-state index in [1.807, 2.05) is 24.3 Å². The van der Waals surface area contributed by atoms with Crippen LogP contribution in [0.4, 0.5) is 0 Å².